The minimum atomic E-state index is 0.101. The van der Waals surface area contributed by atoms with Gasteiger partial charge in [0.25, 0.3) is 0 Å². The zero-order valence-electron chi connectivity index (χ0n) is 10.3. The summed E-state index contributed by atoms with van der Waals surface area (Å²) in [5.41, 5.74) is 0.368. The van der Waals surface area contributed by atoms with Crippen LogP contribution in [0.1, 0.15) is 39.5 Å². The van der Waals surface area contributed by atoms with Crippen LogP contribution in [0.2, 0.25) is 0 Å². The fraction of sp³-hybridized carbons (Fsp3) is 0.917. The quantitative estimate of drug-likeness (QED) is 0.768. The number of rotatable bonds is 4. The van der Waals surface area contributed by atoms with Gasteiger partial charge in [-0.2, -0.15) is 0 Å². The second-order valence-electron chi connectivity index (χ2n) is 4.96. The fourth-order valence-electron chi connectivity index (χ4n) is 2.45. The molecule has 0 radical (unpaired) electrons. The van der Waals surface area contributed by atoms with Gasteiger partial charge in [-0.1, -0.05) is 13.3 Å². The molecular weight excluding hydrogens is 188 g/mol. The molecule has 0 aromatic heterocycles. The van der Waals surface area contributed by atoms with Crippen molar-refractivity contribution in [2.45, 2.75) is 39.5 Å². The van der Waals surface area contributed by atoms with Crippen molar-refractivity contribution in [3.05, 3.63) is 0 Å². The lowest BCUT2D eigenvalue weighted by atomic mass is 9.75. The van der Waals surface area contributed by atoms with Crippen LogP contribution < -0.4 is 5.32 Å². The molecule has 1 fully saturated rings. The number of hydrogen-bond donors (Lipinski definition) is 1. The average Bonchev–Trinajstić information content (AvgIpc) is 2.20. The predicted molar refractivity (Wildman–Crippen MR) is 62.8 cm³/mol. The molecule has 88 valence electrons. The third kappa shape index (κ3) is 3.82. The molecular formula is C12H24N2O. The van der Waals surface area contributed by atoms with Crippen LogP contribution >= 0.6 is 0 Å². The summed E-state index contributed by atoms with van der Waals surface area (Å²) in [4.78, 5) is 13.4. The Bertz CT molecular complexity index is 208. The number of piperidine rings is 1. The number of carbonyl (C=O) groups excluding carboxylic acids is 1. The van der Waals surface area contributed by atoms with Crippen molar-refractivity contribution < 1.29 is 4.79 Å². The minimum Gasteiger partial charge on any atom is -0.356 e. The average molecular weight is 212 g/mol. The first kappa shape index (κ1) is 12.5. The first-order chi connectivity index (χ1) is 7.08. The molecule has 0 unspecified atom stereocenters. The Morgan fingerprint density at radius 2 is 2.00 bits per heavy atom. The van der Waals surface area contributed by atoms with Crippen LogP contribution in [0.3, 0.4) is 0 Å². The number of amides is 1. The van der Waals surface area contributed by atoms with Crippen molar-refractivity contribution in [1.82, 2.24) is 10.2 Å². The highest BCUT2D eigenvalue weighted by Crippen LogP contribution is 2.35. The van der Waals surface area contributed by atoms with Crippen molar-refractivity contribution >= 4 is 5.91 Å². The number of nitrogens with zero attached hydrogens (tertiary/aromatic N) is 1. The van der Waals surface area contributed by atoms with Gasteiger partial charge in [0.1, 0.15) is 0 Å². The summed E-state index contributed by atoms with van der Waals surface area (Å²) in [6.07, 6.45) is 4.89. The van der Waals surface area contributed by atoms with Crippen LogP contribution in [-0.4, -0.2) is 37.5 Å². The molecule has 0 aliphatic carbocycles. The third-order valence-electron chi connectivity index (χ3n) is 3.54. The molecule has 1 N–H and O–H groups in total. The third-order valence-corrected chi connectivity index (χ3v) is 3.54. The van der Waals surface area contributed by atoms with Crippen molar-refractivity contribution in [3.63, 3.8) is 0 Å². The van der Waals surface area contributed by atoms with Gasteiger partial charge in [0, 0.05) is 13.5 Å². The van der Waals surface area contributed by atoms with E-state index in [4.69, 9.17) is 0 Å². The Hall–Kier alpha value is -0.570. The SMILES string of the molecule is CCCC1(CNC(C)=O)CCN(C)CC1. The second kappa shape index (κ2) is 5.50. The van der Waals surface area contributed by atoms with Gasteiger partial charge >= 0.3 is 0 Å². The van der Waals surface area contributed by atoms with Crippen LogP contribution in [0, 0.1) is 5.41 Å². The number of carbonyl (C=O) groups is 1. The first-order valence-corrected chi connectivity index (χ1v) is 6.01. The smallest absolute Gasteiger partial charge is 0.216 e. The lowest BCUT2D eigenvalue weighted by Crippen LogP contribution is -2.44. The summed E-state index contributed by atoms with van der Waals surface area (Å²) in [6, 6.07) is 0. The van der Waals surface area contributed by atoms with Crippen molar-refractivity contribution in [2.75, 3.05) is 26.7 Å². The van der Waals surface area contributed by atoms with Crippen LogP contribution in [0.5, 0.6) is 0 Å². The molecule has 0 aromatic rings. The van der Waals surface area contributed by atoms with Crippen molar-refractivity contribution in [3.8, 4) is 0 Å². The van der Waals surface area contributed by atoms with Crippen LogP contribution in [0.15, 0.2) is 0 Å². The Balaban J connectivity index is 2.50. The molecule has 1 aliphatic rings. The summed E-state index contributed by atoms with van der Waals surface area (Å²) < 4.78 is 0. The summed E-state index contributed by atoms with van der Waals surface area (Å²) >= 11 is 0. The zero-order chi connectivity index (χ0) is 11.3. The van der Waals surface area contributed by atoms with E-state index < -0.39 is 0 Å². The molecule has 1 saturated heterocycles. The molecule has 1 amide bonds. The molecule has 0 saturated carbocycles. The number of likely N-dealkylation sites (tertiary alicyclic amines) is 1. The largest absolute Gasteiger partial charge is 0.356 e. The van der Waals surface area contributed by atoms with E-state index in [1.807, 2.05) is 0 Å². The molecule has 0 atom stereocenters. The number of nitrogens with one attached hydrogen (secondary N) is 1. The van der Waals surface area contributed by atoms with Gasteiger partial charge in [-0.25, -0.2) is 0 Å². The van der Waals surface area contributed by atoms with E-state index in [0.717, 1.165) is 6.54 Å². The molecule has 0 bridgehead atoms. The van der Waals surface area contributed by atoms with Crippen molar-refractivity contribution in [2.24, 2.45) is 5.41 Å². The highest BCUT2D eigenvalue weighted by atomic mass is 16.1. The zero-order valence-corrected chi connectivity index (χ0v) is 10.3. The highest BCUT2D eigenvalue weighted by molar-refractivity contribution is 5.72. The van der Waals surface area contributed by atoms with Gasteiger partial charge in [0.15, 0.2) is 0 Å². The summed E-state index contributed by atoms with van der Waals surface area (Å²) in [7, 11) is 2.17. The number of hydrogen-bond acceptors (Lipinski definition) is 2. The minimum absolute atomic E-state index is 0.101. The summed E-state index contributed by atoms with van der Waals surface area (Å²) in [5, 5.41) is 3.00. The molecule has 3 nitrogen and oxygen atoms in total. The Morgan fingerprint density at radius 3 is 2.47 bits per heavy atom. The summed E-state index contributed by atoms with van der Waals surface area (Å²) in [5.74, 6) is 0.101. The van der Waals surface area contributed by atoms with E-state index in [2.05, 4.69) is 24.2 Å². The standard InChI is InChI=1S/C12H24N2O/c1-4-5-12(10-13-11(2)15)6-8-14(3)9-7-12/h4-10H2,1-3H3,(H,13,15). The van der Waals surface area contributed by atoms with E-state index in [9.17, 15) is 4.79 Å². The van der Waals surface area contributed by atoms with Crippen LogP contribution in [0.25, 0.3) is 0 Å². The maximum absolute atomic E-state index is 11.0. The maximum atomic E-state index is 11.0. The molecule has 0 aromatic carbocycles. The maximum Gasteiger partial charge on any atom is 0.216 e. The fourth-order valence-corrected chi connectivity index (χ4v) is 2.45. The van der Waals surface area contributed by atoms with Gasteiger partial charge < -0.3 is 10.2 Å². The van der Waals surface area contributed by atoms with E-state index in [1.165, 1.54) is 38.8 Å². The predicted octanol–water partition coefficient (Wildman–Crippen LogP) is 1.63. The van der Waals surface area contributed by atoms with E-state index in [-0.39, 0.29) is 5.91 Å². The van der Waals surface area contributed by atoms with Crippen molar-refractivity contribution in [1.29, 1.82) is 0 Å². The molecule has 1 rings (SSSR count). The lowest BCUT2D eigenvalue weighted by molar-refractivity contribution is -0.119. The van der Waals surface area contributed by atoms with Gasteiger partial charge in [-0.05, 0) is 44.8 Å². The van der Waals surface area contributed by atoms with Crippen LogP contribution in [-0.2, 0) is 4.79 Å². The highest BCUT2D eigenvalue weighted by Gasteiger charge is 2.32. The lowest BCUT2D eigenvalue weighted by Gasteiger charge is -2.40. The topological polar surface area (TPSA) is 32.3 Å². The Kier molecular flexibility index (Phi) is 4.58. The van der Waals surface area contributed by atoms with E-state index in [1.54, 1.807) is 6.92 Å². The first-order valence-electron chi connectivity index (χ1n) is 6.01. The molecule has 1 aliphatic heterocycles. The van der Waals surface area contributed by atoms with E-state index in [0.29, 0.717) is 5.41 Å². The summed E-state index contributed by atoms with van der Waals surface area (Å²) in [6.45, 7) is 7.03. The van der Waals surface area contributed by atoms with Gasteiger partial charge in [-0.3, -0.25) is 4.79 Å². The molecule has 0 spiro atoms. The Labute approximate surface area is 93.2 Å². The molecule has 15 heavy (non-hydrogen) atoms. The second-order valence-corrected chi connectivity index (χ2v) is 4.96. The van der Waals surface area contributed by atoms with E-state index >= 15 is 0 Å². The molecule has 3 heteroatoms. The molecule has 1 heterocycles. The van der Waals surface area contributed by atoms with Gasteiger partial charge in [0.05, 0.1) is 0 Å². The van der Waals surface area contributed by atoms with Gasteiger partial charge in [-0.15, -0.1) is 0 Å². The van der Waals surface area contributed by atoms with Gasteiger partial charge in [0.2, 0.25) is 5.91 Å². The van der Waals surface area contributed by atoms with Crippen LogP contribution in [0.4, 0.5) is 0 Å². The monoisotopic (exact) mass is 212 g/mol. The normalized spacial score (nSPS) is 21.3. The Morgan fingerprint density at radius 1 is 1.40 bits per heavy atom.